The number of ether oxygens (including phenoxy) is 1. The number of aromatic nitrogens is 2. The van der Waals surface area contributed by atoms with Crippen LogP contribution in [0.15, 0.2) is 36.8 Å². The van der Waals surface area contributed by atoms with Gasteiger partial charge >= 0.3 is 0 Å². The van der Waals surface area contributed by atoms with Crippen LogP contribution < -0.4 is 9.64 Å². The van der Waals surface area contributed by atoms with Crippen molar-refractivity contribution in [3.8, 4) is 5.75 Å². The second-order valence-electron chi connectivity index (χ2n) is 6.74. The largest absolute Gasteiger partial charge is 0.496 e. The lowest BCUT2D eigenvalue weighted by Gasteiger charge is -2.39. The lowest BCUT2D eigenvalue weighted by atomic mass is 9.92. The number of para-hydroxylation sites is 1. The Kier molecular flexibility index (Phi) is 4.44. The number of hydrogen-bond acceptors (Lipinski definition) is 5. The van der Waals surface area contributed by atoms with E-state index in [0.29, 0.717) is 36.1 Å². The summed E-state index contributed by atoms with van der Waals surface area (Å²) < 4.78 is 19.4. The van der Waals surface area contributed by atoms with Crippen LogP contribution in [0.1, 0.15) is 23.2 Å². The Morgan fingerprint density at radius 3 is 2.88 bits per heavy atom. The smallest absolute Gasteiger partial charge is 0.257 e. The zero-order chi connectivity index (χ0) is 18.1. The monoisotopic (exact) mass is 356 g/mol. The van der Waals surface area contributed by atoms with Crippen LogP contribution in [0.5, 0.6) is 5.75 Å². The lowest BCUT2D eigenvalue weighted by Crippen LogP contribution is -2.50. The van der Waals surface area contributed by atoms with Crippen molar-refractivity contribution in [3.63, 3.8) is 0 Å². The first-order valence-electron chi connectivity index (χ1n) is 8.83. The first kappa shape index (κ1) is 16.8. The number of benzene rings is 1. The van der Waals surface area contributed by atoms with Crippen LogP contribution in [0.2, 0.25) is 0 Å². The molecule has 26 heavy (non-hydrogen) atoms. The van der Waals surface area contributed by atoms with Crippen LogP contribution in [0.25, 0.3) is 0 Å². The Bertz CT molecular complexity index is 816. The summed E-state index contributed by atoms with van der Waals surface area (Å²) in [5.74, 6) is 0.881. The molecule has 0 aliphatic carbocycles. The second-order valence-corrected chi connectivity index (χ2v) is 6.74. The van der Waals surface area contributed by atoms with Crippen molar-refractivity contribution in [1.29, 1.82) is 0 Å². The van der Waals surface area contributed by atoms with E-state index in [4.69, 9.17) is 4.74 Å². The van der Waals surface area contributed by atoms with Gasteiger partial charge in [-0.3, -0.25) is 4.79 Å². The van der Waals surface area contributed by atoms with Gasteiger partial charge in [0, 0.05) is 19.6 Å². The highest BCUT2D eigenvalue weighted by Crippen LogP contribution is 2.35. The summed E-state index contributed by atoms with van der Waals surface area (Å²) in [5.41, 5.74) is 0.570. The number of carbonyl (C=O) groups is 1. The zero-order valence-corrected chi connectivity index (χ0v) is 14.6. The minimum Gasteiger partial charge on any atom is -0.496 e. The molecule has 0 spiro atoms. The van der Waals surface area contributed by atoms with Gasteiger partial charge in [0.05, 0.1) is 24.9 Å². The fourth-order valence-corrected chi connectivity index (χ4v) is 4.10. The number of likely N-dealkylation sites (tertiary alicyclic amines) is 1. The highest BCUT2D eigenvalue weighted by Gasteiger charge is 2.42. The Balaban J connectivity index is 1.58. The van der Waals surface area contributed by atoms with Gasteiger partial charge in [-0.15, -0.1) is 0 Å². The summed E-state index contributed by atoms with van der Waals surface area (Å²) in [6.07, 6.45) is 4.44. The Morgan fingerprint density at radius 2 is 2.08 bits per heavy atom. The quantitative estimate of drug-likeness (QED) is 0.845. The molecule has 1 amide bonds. The maximum Gasteiger partial charge on any atom is 0.257 e. The summed E-state index contributed by atoms with van der Waals surface area (Å²) in [6.45, 7) is 2.04. The predicted molar refractivity (Wildman–Crippen MR) is 94.7 cm³/mol. The molecule has 7 heteroatoms. The molecule has 2 aromatic rings. The van der Waals surface area contributed by atoms with Gasteiger partial charge in [-0.05, 0) is 30.9 Å². The molecule has 2 unspecified atom stereocenters. The van der Waals surface area contributed by atoms with E-state index in [1.54, 1.807) is 19.2 Å². The Labute approximate surface area is 151 Å². The van der Waals surface area contributed by atoms with Gasteiger partial charge in [-0.2, -0.15) is 0 Å². The first-order chi connectivity index (χ1) is 12.7. The molecule has 2 fully saturated rings. The highest BCUT2D eigenvalue weighted by atomic mass is 19.1. The molecule has 2 atom stereocenters. The molecule has 2 saturated heterocycles. The van der Waals surface area contributed by atoms with Crippen molar-refractivity contribution in [2.24, 2.45) is 5.92 Å². The predicted octanol–water partition coefficient (Wildman–Crippen LogP) is 2.37. The number of hydrogen-bond donors (Lipinski definition) is 0. The highest BCUT2D eigenvalue weighted by molar-refractivity contribution is 5.97. The van der Waals surface area contributed by atoms with E-state index in [9.17, 15) is 9.18 Å². The molecule has 6 nitrogen and oxygen atoms in total. The van der Waals surface area contributed by atoms with E-state index in [0.717, 1.165) is 19.4 Å². The third-order valence-electron chi connectivity index (χ3n) is 5.41. The van der Waals surface area contributed by atoms with Gasteiger partial charge in [0.2, 0.25) is 0 Å². The number of fused-ring (bicyclic) bond motifs is 1. The summed E-state index contributed by atoms with van der Waals surface area (Å²) in [5, 5.41) is 0. The zero-order valence-electron chi connectivity index (χ0n) is 14.6. The van der Waals surface area contributed by atoms with Crippen molar-refractivity contribution < 1.29 is 13.9 Å². The minimum absolute atomic E-state index is 0.0278. The molecule has 4 rings (SSSR count). The SMILES string of the molecule is COc1ccccc1C(=O)N1CCC2CCN(c3ncncc3F)CC21. The summed E-state index contributed by atoms with van der Waals surface area (Å²) >= 11 is 0. The molecule has 136 valence electrons. The fourth-order valence-electron chi connectivity index (χ4n) is 4.10. The molecule has 2 aliphatic heterocycles. The molecular weight excluding hydrogens is 335 g/mol. The van der Waals surface area contributed by atoms with E-state index in [2.05, 4.69) is 9.97 Å². The molecule has 0 saturated carbocycles. The van der Waals surface area contributed by atoms with Gasteiger partial charge in [0.15, 0.2) is 11.6 Å². The number of halogens is 1. The Morgan fingerprint density at radius 1 is 1.27 bits per heavy atom. The first-order valence-corrected chi connectivity index (χ1v) is 8.83. The number of methoxy groups -OCH3 is 1. The van der Waals surface area contributed by atoms with Crippen LogP contribution in [0, 0.1) is 11.7 Å². The maximum atomic E-state index is 14.1. The van der Waals surface area contributed by atoms with Gasteiger partial charge in [0.25, 0.3) is 5.91 Å². The molecular formula is C19H21FN4O2. The van der Waals surface area contributed by atoms with Gasteiger partial charge in [0.1, 0.15) is 12.1 Å². The maximum absolute atomic E-state index is 14.1. The summed E-state index contributed by atoms with van der Waals surface area (Å²) in [7, 11) is 1.57. The molecule has 1 aromatic heterocycles. The van der Waals surface area contributed by atoms with Crippen molar-refractivity contribution in [1.82, 2.24) is 14.9 Å². The molecule has 2 aliphatic rings. The van der Waals surface area contributed by atoms with E-state index in [-0.39, 0.29) is 11.9 Å². The normalized spacial score (nSPS) is 22.2. The van der Waals surface area contributed by atoms with Crippen molar-refractivity contribution in [2.75, 3.05) is 31.6 Å². The molecule has 0 radical (unpaired) electrons. The van der Waals surface area contributed by atoms with Crippen LogP contribution >= 0.6 is 0 Å². The number of nitrogens with zero attached hydrogens (tertiary/aromatic N) is 4. The Hall–Kier alpha value is -2.70. The van der Waals surface area contributed by atoms with E-state index < -0.39 is 5.82 Å². The van der Waals surface area contributed by atoms with Crippen LogP contribution in [-0.2, 0) is 0 Å². The number of rotatable bonds is 3. The minimum atomic E-state index is -0.424. The van der Waals surface area contributed by atoms with Crippen molar-refractivity contribution in [3.05, 3.63) is 48.2 Å². The number of carbonyl (C=O) groups excluding carboxylic acids is 1. The molecule has 0 N–H and O–H groups in total. The lowest BCUT2D eigenvalue weighted by molar-refractivity contribution is 0.0708. The third kappa shape index (κ3) is 2.87. The van der Waals surface area contributed by atoms with E-state index in [1.165, 1.54) is 12.5 Å². The van der Waals surface area contributed by atoms with Crippen molar-refractivity contribution >= 4 is 11.7 Å². The van der Waals surface area contributed by atoms with Gasteiger partial charge < -0.3 is 14.5 Å². The number of anilines is 1. The third-order valence-corrected chi connectivity index (χ3v) is 5.41. The van der Waals surface area contributed by atoms with Gasteiger partial charge in [-0.25, -0.2) is 14.4 Å². The van der Waals surface area contributed by atoms with Crippen LogP contribution in [-0.4, -0.2) is 53.6 Å². The molecule has 0 bridgehead atoms. The van der Waals surface area contributed by atoms with Gasteiger partial charge in [-0.1, -0.05) is 12.1 Å². The second kappa shape index (κ2) is 6.90. The van der Waals surface area contributed by atoms with Crippen LogP contribution in [0.4, 0.5) is 10.2 Å². The summed E-state index contributed by atoms with van der Waals surface area (Å²) in [6, 6.07) is 7.33. The van der Waals surface area contributed by atoms with Crippen LogP contribution in [0.3, 0.4) is 0 Å². The number of amides is 1. The average Bonchev–Trinajstić information content (AvgIpc) is 3.11. The standard InChI is InChI=1S/C19H21FN4O2/c1-26-17-5-3-2-4-14(17)19(25)24-9-7-13-6-8-23(11-16(13)24)18-15(20)10-21-12-22-18/h2-5,10,12-13,16H,6-9,11H2,1H3. The summed E-state index contributed by atoms with van der Waals surface area (Å²) in [4.78, 5) is 24.8. The molecule has 1 aromatic carbocycles. The fraction of sp³-hybridized carbons (Fsp3) is 0.421. The van der Waals surface area contributed by atoms with Crippen molar-refractivity contribution in [2.45, 2.75) is 18.9 Å². The number of piperidine rings is 1. The van der Waals surface area contributed by atoms with E-state index >= 15 is 0 Å². The average molecular weight is 356 g/mol. The molecule has 3 heterocycles. The van der Waals surface area contributed by atoms with E-state index in [1.807, 2.05) is 21.9 Å². The topological polar surface area (TPSA) is 58.6 Å².